The lowest BCUT2D eigenvalue weighted by Crippen LogP contribution is -2.22. The molecule has 0 unspecified atom stereocenters. The van der Waals surface area contributed by atoms with Crippen molar-refractivity contribution < 1.29 is 14.1 Å². The van der Waals surface area contributed by atoms with Gasteiger partial charge in [-0.05, 0) is 55.3 Å². The lowest BCUT2D eigenvalue weighted by atomic mass is 10.1. The van der Waals surface area contributed by atoms with Gasteiger partial charge >= 0.3 is 0 Å². The van der Waals surface area contributed by atoms with Crippen LogP contribution in [0, 0.1) is 24.0 Å². The van der Waals surface area contributed by atoms with Crippen LogP contribution in [0.15, 0.2) is 51.7 Å². The summed E-state index contributed by atoms with van der Waals surface area (Å²) in [6, 6.07) is 11.7. The van der Waals surface area contributed by atoms with Gasteiger partial charge in [-0.2, -0.15) is 0 Å². The summed E-state index contributed by atoms with van der Waals surface area (Å²) in [5.74, 6) is 1.31. The van der Waals surface area contributed by atoms with Gasteiger partial charge in [0.1, 0.15) is 21.8 Å². The highest BCUT2D eigenvalue weighted by atomic mass is 32.1. The third-order valence-electron chi connectivity index (χ3n) is 5.41. The van der Waals surface area contributed by atoms with Gasteiger partial charge in [-0.1, -0.05) is 11.3 Å². The molecule has 0 fully saturated rings. The molecule has 0 saturated carbocycles. The zero-order chi connectivity index (χ0) is 22.6. The molecule has 5 aromatic rings. The van der Waals surface area contributed by atoms with E-state index >= 15 is 0 Å². The van der Waals surface area contributed by atoms with E-state index in [0.29, 0.717) is 32.3 Å². The molecule has 0 amide bonds. The monoisotopic (exact) mass is 447 g/mol. The number of methoxy groups -OCH3 is 1. The van der Waals surface area contributed by atoms with E-state index in [0.717, 1.165) is 22.2 Å². The van der Waals surface area contributed by atoms with Crippen molar-refractivity contribution in [2.24, 2.45) is 0 Å². The van der Waals surface area contributed by atoms with Crippen LogP contribution < -0.4 is 14.8 Å². The summed E-state index contributed by atoms with van der Waals surface area (Å²) in [7, 11) is 1.49. The number of benzene rings is 2. The summed E-state index contributed by atoms with van der Waals surface area (Å²) in [4.78, 5) is 28.9. The number of hydrogen-bond acceptors (Lipinski definition) is 7. The molecule has 0 aliphatic rings. The van der Waals surface area contributed by atoms with E-state index in [9.17, 15) is 14.9 Å². The van der Waals surface area contributed by atoms with E-state index in [2.05, 4.69) is 4.98 Å². The first-order chi connectivity index (χ1) is 15.4. The Hall–Kier alpha value is -3.98. The van der Waals surface area contributed by atoms with Crippen molar-refractivity contribution in [2.45, 2.75) is 13.8 Å². The van der Waals surface area contributed by atoms with Crippen LogP contribution >= 0.6 is 11.3 Å². The summed E-state index contributed by atoms with van der Waals surface area (Å²) in [6.45, 7) is 4.02. The normalized spacial score (nSPS) is 12.2. The van der Waals surface area contributed by atoms with Gasteiger partial charge in [0.15, 0.2) is 4.96 Å². The van der Waals surface area contributed by atoms with Gasteiger partial charge in [0.2, 0.25) is 0 Å². The number of nitro benzene ring substituents is 1. The first-order valence-corrected chi connectivity index (χ1v) is 10.5. The average Bonchev–Trinajstić information content (AvgIpc) is 3.44. The minimum Gasteiger partial charge on any atom is -0.496 e. The molecule has 0 spiro atoms. The molecule has 0 atom stereocenters. The molecule has 0 radical (unpaired) electrons. The largest absolute Gasteiger partial charge is 0.496 e. The third-order valence-corrected chi connectivity index (χ3v) is 6.38. The molecule has 32 heavy (non-hydrogen) atoms. The highest BCUT2D eigenvalue weighted by Gasteiger charge is 2.16. The van der Waals surface area contributed by atoms with Crippen molar-refractivity contribution in [3.63, 3.8) is 0 Å². The number of furan rings is 1. The molecule has 0 aliphatic carbocycles. The Balaban J connectivity index is 1.61. The molecule has 160 valence electrons. The van der Waals surface area contributed by atoms with Crippen molar-refractivity contribution in [2.75, 3.05) is 7.11 Å². The maximum absolute atomic E-state index is 13.1. The highest BCUT2D eigenvalue weighted by Crippen LogP contribution is 2.34. The van der Waals surface area contributed by atoms with Crippen LogP contribution in [-0.2, 0) is 0 Å². The molecule has 0 aliphatic heterocycles. The SMILES string of the molecule is COc1ccc([N+](=O)[O-])cc1-c1ccc(/C=c2/sc3nc4cc(C)c(C)cc4n3c2=O)o1. The lowest BCUT2D eigenvalue weighted by molar-refractivity contribution is -0.384. The number of nitro groups is 1. The standard InChI is InChI=1S/C23H17N3O5S/c1-12-8-17-18(9-13(12)2)25-22(27)21(32-23(25)24-17)11-15-5-7-20(31-15)16-10-14(26(28)29)4-6-19(16)30-3/h4-11H,1-3H3/b21-11+. The van der Waals surface area contributed by atoms with Gasteiger partial charge in [0, 0.05) is 18.2 Å². The third kappa shape index (κ3) is 3.14. The van der Waals surface area contributed by atoms with Crippen LogP contribution in [0.2, 0.25) is 0 Å². The highest BCUT2D eigenvalue weighted by molar-refractivity contribution is 7.15. The molecule has 0 N–H and O–H groups in total. The zero-order valence-corrected chi connectivity index (χ0v) is 18.2. The fourth-order valence-electron chi connectivity index (χ4n) is 3.63. The number of ether oxygens (including phenoxy) is 1. The number of hydrogen-bond donors (Lipinski definition) is 0. The van der Waals surface area contributed by atoms with Crippen molar-refractivity contribution in [3.8, 4) is 17.1 Å². The maximum atomic E-state index is 13.1. The predicted octanol–water partition coefficient (Wildman–Crippen LogP) is 4.25. The van der Waals surface area contributed by atoms with Gasteiger partial charge in [-0.3, -0.25) is 14.9 Å². The van der Waals surface area contributed by atoms with Crippen LogP contribution in [0.5, 0.6) is 5.75 Å². The summed E-state index contributed by atoms with van der Waals surface area (Å²) < 4.78 is 13.3. The number of imidazole rings is 1. The zero-order valence-electron chi connectivity index (χ0n) is 17.4. The average molecular weight is 447 g/mol. The Morgan fingerprint density at radius 1 is 1.16 bits per heavy atom. The topological polar surface area (TPSA) is 99.9 Å². The molecule has 8 nitrogen and oxygen atoms in total. The first-order valence-electron chi connectivity index (χ1n) is 9.72. The summed E-state index contributed by atoms with van der Waals surface area (Å²) >= 11 is 1.29. The number of rotatable bonds is 4. The number of nitrogens with zero attached hydrogens (tertiary/aromatic N) is 3. The molecular formula is C23H17N3O5S. The second-order valence-corrected chi connectivity index (χ2v) is 8.42. The minimum atomic E-state index is -0.475. The van der Waals surface area contributed by atoms with E-state index in [1.54, 1.807) is 22.6 Å². The van der Waals surface area contributed by atoms with E-state index in [4.69, 9.17) is 9.15 Å². The Bertz CT molecular complexity index is 1640. The number of fused-ring (bicyclic) bond motifs is 3. The smallest absolute Gasteiger partial charge is 0.275 e. The quantitative estimate of drug-likeness (QED) is 0.302. The Labute approximate surface area is 185 Å². The van der Waals surface area contributed by atoms with Crippen molar-refractivity contribution >= 4 is 39.1 Å². The summed E-state index contributed by atoms with van der Waals surface area (Å²) in [6.07, 6.45) is 1.65. The Morgan fingerprint density at radius 3 is 2.69 bits per heavy atom. The molecule has 0 saturated heterocycles. The molecule has 9 heteroatoms. The molecule has 3 aromatic heterocycles. The van der Waals surface area contributed by atoms with Crippen molar-refractivity contribution in [3.05, 3.63) is 84.4 Å². The number of aromatic nitrogens is 2. The molecule has 3 heterocycles. The first kappa shape index (κ1) is 20.0. The number of non-ortho nitro benzene ring substituents is 1. The van der Waals surface area contributed by atoms with Crippen LogP contribution in [0.25, 0.3) is 33.4 Å². The van der Waals surface area contributed by atoms with E-state index in [-0.39, 0.29) is 11.2 Å². The Kier molecular flexibility index (Phi) is 4.56. The van der Waals surface area contributed by atoms with Gasteiger partial charge in [0.05, 0.1) is 28.6 Å². The fraction of sp³-hybridized carbons (Fsp3) is 0.130. The van der Waals surface area contributed by atoms with Crippen molar-refractivity contribution in [1.82, 2.24) is 9.38 Å². The van der Waals surface area contributed by atoms with Crippen LogP contribution in [0.1, 0.15) is 16.9 Å². The van der Waals surface area contributed by atoms with E-state index in [1.165, 1.54) is 36.6 Å². The predicted molar refractivity (Wildman–Crippen MR) is 122 cm³/mol. The second-order valence-electron chi connectivity index (χ2n) is 7.41. The molecule has 5 rings (SSSR count). The van der Waals surface area contributed by atoms with Crippen LogP contribution in [-0.4, -0.2) is 21.4 Å². The fourth-order valence-corrected chi connectivity index (χ4v) is 4.59. The second kappa shape index (κ2) is 7.31. The lowest BCUT2D eigenvalue weighted by Gasteiger charge is -2.05. The number of aryl methyl sites for hydroxylation is 2. The van der Waals surface area contributed by atoms with Gasteiger partial charge in [0.25, 0.3) is 11.2 Å². The molecular weight excluding hydrogens is 430 g/mol. The summed E-state index contributed by atoms with van der Waals surface area (Å²) in [5.41, 5.74) is 4.02. The molecule has 2 aromatic carbocycles. The van der Waals surface area contributed by atoms with E-state index in [1.807, 2.05) is 26.0 Å². The van der Waals surface area contributed by atoms with Gasteiger partial charge in [-0.15, -0.1) is 0 Å². The van der Waals surface area contributed by atoms with Crippen LogP contribution in [0.4, 0.5) is 5.69 Å². The molecule has 0 bridgehead atoms. The van der Waals surface area contributed by atoms with Crippen LogP contribution in [0.3, 0.4) is 0 Å². The minimum absolute atomic E-state index is 0.0681. The number of thiazole rings is 1. The summed E-state index contributed by atoms with van der Waals surface area (Å²) in [5, 5.41) is 11.1. The van der Waals surface area contributed by atoms with Crippen molar-refractivity contribution in [1.29, 1.82) is 0 Å². The van der Waals surface area contributed by atoms with E-state index < -0.39 is 4.92 Å². The maximum Gasteiger partial charge on any atom is 0.275 e. The Morgan fingerprint density at radius 2 is 1.94 bits per heavy atom. The van der Waals surface area contributed by atoms with Gasteiger partial charge < -0.3 is 9.15 Å². The van der Waals surface area contributed by atoms with Gasteiger partial charge in [-0.25, -0.2) is 9.38 Å².